The second-order valence-corrected chi connectivity index (χ2v) is 8.23. The number of benzene rings is 2. The lowest BCUT2D eigenvalue weighted by atomic mass is 10.1. The summed E-state index contributed by atoms with van der Waals surface area (Å²) in [5.74, 6) is 1.26. The standard InChI is InChI=1S/C25H31N3O3/c1-2-31-23-11-7-21(8-12-23)19-26-14-16-27(17-15-26)25(30)18-20-5-9-22(10-6-20)28-13-3-4-24(28)29/h5-12H,2-4,13-19H2,1H3. The van der Waals surface area contributed by atoms with E-state index >= 15 is 0 Å². The summed E-state index contributed by atoms with van der Waals surface area (Å²) in [5.41, 5.74) is 3.19. The Morgan fingerprint density at radius 2 is 1.58 bits per heavy atom. The van der Waals surface area contributed by atoms with Crippen LogP contribution in [0.15, 0.2) is 48.5 Å². The van der Waals surface area contributed by atoms with Gasteiger partial charge in [0, 0.05) is 51.4 Å². The Morgan fingerprint density at radius 3 is 2.19 bits per heavy atom. The third-order valence-corrected chi connectivity index (χ3v) is 6.04. The van der Waals surface area contributed by atoms with Gasteiger partial charge in [0.25, 0.3) is 0 Å². The van der Waals surface area contributed by atoms with Crippen LogP contribution in [-0.2, 0) is 22.6 Å². The molecule has 0 spiro atoms. The highest BCUT2D eigenvalue weighted by molar-refractivity contribution is 5.95. The quantitative estimate of drug-likeness (QED) is 0.689. The van der Waals surface area contributed by atoms with Crippen LogP contribution in [0.1, 0.15) is 30.9 Å². The molecule has 4 rings (SSSR count). The molecule has 2 aliphatic heterocycles. The van der Waals surface area contributed by atoms with Crippen LogP contribution in [0.2, 0.25) is 0 Å². The highest BCUT2D eigenvalue weighted by Gasteiger charge is 2.23. The number of anilines is 1. The van der Waals surface area contributed by atoms with Crippen LogP contribution < -0.4 is 9.64 Å². The number of rotatable bonds is 7. The van der Waals surface area contributed by atoms with Crippen LogP contribution in [0.5, 0.6) is 5.75 Å². The molecular formula is C25H31N3O3. The van der Waals surface area contributed by atoms with Gasteiger partial charge < -0.3 is 14.5 Å². The van der Waals surface area contributed by atoms with E-state index in [1.807, 2.05) is 53.1 Å². The predicted octanol–water partition coefficient (Wildman–Crippen LogP) is 3.10. The molecule has 0 atom stereocenters. The second kappa shape index (κ2) is 9.96. The summed E-state index contributed by atoms with van der Waals surface area (Å²) < 4.78 is 5.50. The molecule has 0 unspecified atom stereocenters. The zero-order valence-corrected chi connectivity index (χ0v) is 18.3. The Hall–Kier alpha value is -2.86. The average Bonchev–Trinajstić information content (AvgIpc) is 3.22. The summed E-state index contributed by atoms with van der Waals surface area (Å²) in [4.78, 5) is 30.8. The zero-order chi connectivity index (χ0) is 21.6. The highest BCUT2D eigenvalue weighted by atomic mass is 16.5. The molecule has 0 saturated carbocycles. The molecule has 2 aromatic carbocycles. The number of hydrogen-bond acceptors (Lipinski definition) is 4. The van der Waals surface area contributed by atoms with Crippen molar-refractivity contribution in [3.63, 3.8) is 0 Å². The van der Waals surface area contributed by atoms with Gasteiger partial charge in [-0.15, -0.1) is 0 Å². The number of carbonyl (C=O) groups excluding carboxylic acids is 2. The van der Waals surface area contributed by atoms with Gasteiger partial charge in [0.1, 0.15) is 5.75 Å². The molecule has 0 bridgehead atoms. The molecule has 164 valence electrons. The fourth-order valence-electron chi connectivity index (χ4n) is 4.27. The van der Waals surface area contributed by atoms with Crippen LogP contribution in [0.25, 0.3) is 0 Å². The van der Waals surface area contributed by atoms with E-state index in [0.717, 1.165) is 62.7 Å². The Labute approximate surface area is 184 Å². The first-order valence-corrected chi connectivity index (χ1v) is 11.2. The number of hydrogen-bond donors (Lipinski definition) is 0. The van der Waals surface area contributed by atoms with Crippen LogP contribution in [0.4, 0.5) is 5.69 Å². The molecule has 2 amide bonds. The van der Waals surface area contributed by atoms with Crippen molar-refractivity contribution >= 4 is 17.5 Å². The largest absolute Gasteiger partial charge is 0.494 e. The summed E-state index contributed by atoms with van der Waals surface area (Å²) in [5, 5.41) is 0. The minimum absolute atomic E-state index is 0.172. The van der Waals surface area contributed by atoms with E-state index < -0.39 is 0 Å². The van der Waals surface area contributed by atoms with Gasteiger partial charge in [-0.3, -0.25) is 14.5 Å². The number of carbonyl (C=O) groups is 2. The summed E-state index contributed by atoms with van der Waals surface area (Å²) in [6.07, 6.45) is 1.96. The van der Waals surface area contributed by atoms with Crippen molar-refractivity contribution in [3.8, 4) is 5.75 Å². The van der Waals surface area contributed by atoms with Crippen LogP contribution >= 0.6 is 0 Å². The molecule has 0 aliphatic carbocycles. The monoisotopic (exact) mass is 421 g/mol. The maximum Gasteiger partial charge on any atom is 0.227 e. The fourth-order valence-corrected chi connectivity index (χ4v) is 4.27. The smallest absolute Gasteiger partial charge is 0.227 e. The molecule has 0 radical (unpaired) electrons. The van der Waals surface area contributed by atoms with E-state index in [0.29, 0.717) is 19.4 Å². The SMILES string of the molecule is CCOc1ccc(CN2CCN(C(=O)Cc3ccc(N4CCCC4=O)cc3)CC2)cc1. The fraction of sp³-hybridized carbons (Fsp3) is 0.440. The topological polar surface area (TPSA) is 53.1 Å². The summed E-state index contributed by atoms with van der Waals surface area (Å²) in [6, 6.07) is 16.1. The van der Waals surface area contributed by atoms with E-state index in [4.69, 9.17) is 4.74 Å². The van der Waals surface area contributed by atoms with E-state index in [9.17, 15) is 9.59 Å². The summed E-state index contributed by atoms with van der Waals surface area (Å²) in [6.45, 7) is 7.64. The Kier molecular flexibility index (Phi) is 6.87. The molecular weight excluding hydrogens is 390 g/mol. The zero-order valence-electron chi connectivity index (χ0n) is 18.3. The maximum absolute atomic E-state index is 12.8. The Bertz CT molecular complexity index is 887. The highest BCUT2D eigenvalue weighted by Crippen LogP contribution is 2.22. The van der Waals surface area contributed by atoms with Crippen molar-refractivity contribution in [2.24, 2.45) is 0 Å². The molecule has 31 heavy (non-hydrogen) atoms. The first-order valence-electron chi connectivity index (χ1n) is 11.2. The van der Waals surface area contributed by atoms with Gasteiger partial charge in [0.2, 0.25) is 11.8 Å². The molecule has 2 aliphatic rings. The number of ether oxygens (including phenoxy) is 1. The molecule has 0 aromatic heterocycles. The lowest BCUT2D eigenvalue weighted by Gasteiger charge is -2.35. The van der Waals surface area contributed by atoms with Gasteiger partial charge in [-0.2, -0.15) is 0 Å². The first-order chi connectivity index (χ1) is 15.1. The van der Waals surface area contributed by atoms with E-state index in [1.54, 1.807) is 0 Å². The van der Waals surface area contributed by atoms with Gasteiger partial charge in [0.05, 0.1) is 13.0 Å². The third-order valence-electron chi connectivity index (χ3n) is 6.04. The van der Waals surface area contributed by atoms with Gasteiger partial charge in [-0.05, 0) is 48.7 Å². The second-order valence-electron chi connectivity index (χ2n) is 8.23. The van der Waals surface area contributed by atoms with E-state index in [-0.39, 0.29) is 11.8 Å². The lowest BCUT2D eigenvalue weighted by molar-refractivity contribution is -0.132. The average molecular weight is 422 g/mol. The van der Waals surface area contributed by atoms with Crippen molar-refractivity contribution in [2.45, 2.75) is 32.7 Å². The van der Waals surface area contributed by atoms with Crippen LogP contribution in [0, 0.1) is 0 Å². The third kappa shape index (κ3) is 5.44. The minimum Gasteiger partial charge on any atom is -0.494 e. The molecule has 2 aromatic rings. The number of piperazine rings is 1. The molecule has 2 heterocycles. The first kappa shape index (κ1) is 21.4. The van der Waals surface area contributed by atoms with Crippen molar-refractivity contribution in [2.75, 3.05) is 44.2 Å². The molecule has 6 heteroatoms. The van der Waals surface area contributed by atoms with Crippen molar-refractivity contribution < 1.29 is 14.3 Å². The predicted molar refractivity (Wildman–Crippen MR) is 121 cm³/mol. The Balaban J connectivity index is 1.24. The van der Waals surface area contributed by atoms with Crippen molar-refractivity contribution in [3.05, 3.63) is 59.7 Å². The minimum atomic E-state index is 0.172. The van der Waals surface area contributed by atoms with E-state index in [1.165, 1.54) is 5.56 Å². The van der Waals surface area contributed by atoms with Crippen molar-refractivity contribution in [1.29, 1.82) is 0 Å². The van der Waals surface area contributed by atoms with Gasteiger partial charge in [-0.1, -0.05) is 24.3 Å². The maximum atomic E-state index is 12.8. The van der Waals surface area contributed by atoms with E-state index in [2.05, 4.69) is 17.0 Å². The van der Waals surface area contributed by atoms with Crippen LogP contribution in [-0.4, -0.2) is 60.9 Å². The number of amides is 2. The Morgan fingerprint density at radius 1 is 0.903 bits per heavy atom. The molecule has 2 fully saturated rings. The lowest BCUT2D eigenvalue weighted by Crippen LogP contribution is -2.48. The molecule has 0 N–H and O–H groups in total. The van der Waals surface area contributed by atoms with Gasteiger partial charge in [0.15, 0.2) is 0 Å². The van der Waals surface area contributed by atoms with Gasteiger partial charge in [-0.25, -0.2) is 0 Å². The van der Waals surface area contributed by atoms with Crippen LogP contribution in [0.3, 0.4) is 0 Å². The summed E-state index contributed by atoms with van der Waals surface area (Å²) >= 11 is 0. The number of nitrogens with zero attached hydrogens (tertiary/aromatic N) is 3. The van der Waals surface area contributed by atoms with Crippen molar-refractivity contribution in [1.82, 2.24) is 9.80 Å². The summed E-state index contributed by atoms with van der Waals surface area (Å²) in [7, 11) is 0. The molecule has 6 nitrogen and oxygen atoms in total. The van der Waals surface area contributed by atoms with Gasteiger partial charge >= 0.3 is 0 Å². The normalized spacial score (nSPS) is 17.3. The molecule has 2 saturated heterocycles.